The first kappa shape index (κ1) is 9.01. The minimum absolute atomic E-state index is 0.334. The molecule has 3 rings (SSSR count). The van der Waals surface area contributed by atoms with Crippen molar-refractivity contribution < 1.29 is 5.48 Å². The van der Waals surface area contributed by atoms with Crippen molar-refractivity contribution in [2.24, 2.45) is 0 Å². The van der Waals surface area contributed by atoms with Crippen LogP contribution in [-0.4, -0.2) is 17.2 Å². The topological polar surface area (TPSA) is 19.4 Å². The number of hydrogen-bond donors (Lipinski definition) is 0. The van der Waals surface area contributed by atoms with E-state index >= 15 is 0 Å². The molecule has 0 saturated heterocycles. The van der Waals surface area contributed by atoms with E-state index in [9.17, 15) is 0 Å². The van der Waals surface area contributed by atoms with Crippen molar-refractivity contribution in [1.29, 1.82) is 0 Å². The molecule has 1 aromatic heterocycles. The van der Waals surface area contributed by atoms with Crippen molar-refractivity contribution in [1.82, 2.24) is 4.98 Å². The number of aryl methyl sites for hydroxylation is 1. The molecular formula is C17H21N3. The number of nitrogens with zero attached hydrogens (tertiary/aromatic N) is 3. The van der Waals surface area contributed by atoms with Gasteiger partial charge in [-0.25, -0.2) is 4.98 Å². The van der Waals surface area contributed by atoms with Gasteiger partial charge < -0.3 is 9.80 Å². The third-order valence-electron chi connectivity index (χ3n) is 3.74. The maximum atomic E-state index is 8.55. The second-order valence-electron chi connectivity index (χ2n) is 5.09. The fraction of sp³-hybridized carbons (Fsp3) is 0.353. The highest BCUT2D eigenvalue weighted by Crippen LogP contribution is 2.43. The highest BCUT2D eigenvalue weighted by Gasteiger charge is 2.36. The average Bonchev–Trinajstić information content (AvgIpc) is 2.79. The zero-order valence-electron chi connectivity index (χ0n) is 16.0. The van der Waals surface area contributed by atoms with Gasteiger partial charge in [-0.05, 0) is 51.4 Å². The van der Waals surface area contributed by atoms with Crippen LogP contribution in [0.2, 0.25) is 0 Å². The first-order valence-corrected chi connectivity index (χ1v) is 6.75. The fourth-order valence-electron chi connectivity index (χ4n) is 2.87. The Morgan fingerprint density at radius 3 is 2.75 bits per heavy atom. The molecule has 0 N–H and O–H groups in total. The predicted octanol–water partition coefficient (Wildman–Crippen LogP) is 4.10. The number of benzene rings is 1. The summed E-state index contributed by atoms with van der Waals surface area (Å²) in [5.74, 6) is 0.682. The van der Waals surface area contributed by atoms with Crippen LogP contribution in [0, 0.1) is 6.92 Å². The van der Waals surface area contributed by atoms with E-state index in [1.807, 2.05) is 49.1 Å². The lowest BCUT2D eigenvalue weighted by molar-refractivity contribution is 0.606. The molecule has 2 heterocycles. The van der Waals surface area contributed by atoms with E-state index in [2.05, 4.69) is 4.98 Å². The van der Waals surface area contributed by atoms with Crippen LogP contribution in [0.3, 0.4) is 0 Å². The molecule has 1 aliphatic heterocycles. The number of aromatic nitrogens is 1. The highest BCUT2D eigenvalue weighted by atomic mass is 15.4. The van der Waals surface area contributed by atoms with Gasteiger partial charge in [0, 0.05) is 22.0 Å². The maximum absolute atomic E-state index is 8.55. The molecule has 0 spiro atoms. The van der Waals surface area contributed by atoms with E-state index in [1.54, 1.807) is 17.2 Å². The third-order valence-corrected chi connectivity index (χ3v) is 3.74. The van der Waals surface area contributed by atoms with Crippen molar-refractivity contribution >= 4 is 17.2 Å². The van der Waals surface area contributed by atoms with E-state index < -0.39 is 12.9 Å². The molecule has 0 bridgehead atoms. The van der Waals surface area contributed by atoms with Crippen molar-refractivity contribution in [2.45, 2.75) is 39.8 Å². The van der Waals surface area contributed by atoms with Crippen LogP contribution in [0.5, 0.6) is 0 Å². The summed E-state index contributed by atoms with van der Waals surface area (Å²) in [5.41, 5.74) is 2.71. The summed E-state index contributed by atoms with van der Waals surface area (Å²) in [6.07, 6.45) is 1.36. The molecule has 1 aromatic carbocycles. The van der Waals surface area contributed by atoms with Gasteiger partial charge in [0.05, 0.1) is 7.06 Å². The zero-order chi connectivity index (χ0) is 17.7. The van der Waals surface area contributed by atoms with Crippen molar-refractivity contribution in [3.63, 3.8) is 0 Å². The van der Waals surface area contributed by atoms with Crippen LogP contribution in [-0.2, 0) is 0 Å². The molecule has 2 atom stereocenters. The monoisotopic (exact) mass is 271 g/mol. The van der Waals surface area contributed by atoms with Gasteiger partial charge in [-0.1, -0.05) is 18.2 Å². The highest BCUT2D eigenvalue weighted by molar-refractivity contribution is 5.81. The van der Waals surface area contributed by atoms with E-state index in [1.165, 1.54) is 6.92 Å². The standard InChI is InChI=1S/C17H21N3/c1-12(2)19-14(4)20(15-9-6-5-8-13(15)3)17-16(19)10-7-11-18-17/h5-12,14H,1-4H3/t14-/m1/s1/i1D3,12D/t12?,14-. The average molecular weight is 271 g/mol. The van der Waals surface area contributed by atoms with Crippen LogP contribution >= 0.6 is 0 Å². The number of pyridine rings is 1. The van der Waals surface area contributed by atoms with Gasteiger partial charge in [0.1, 0.15) is 6.17 Å². The Morgan fingerprint density at radius 2 is 2.00 bits per heavy atom. The molecule has 1 unspecified atom stereocenters. The predicted molar refractivity (Wildman–Crippen MR) is 84.6 cm³/mol. The fourth-order valence-corrected chi connectivity index (χ4v) is 2.87. The summed E-state index contributed by atoms with van der Waals surface area (Å²) in [4.78, 5) is 8.11. The van der Waals surface area contributed by atoms with Gasteiger partial charge in [0.2, 0.25) is 0 Å². The molecule has 20 heavy (non-hydrogen) atoms. The summed E-state index contributed by atoms with van der Waals surface area (Å²) in [5, 5.41) is 0. The molecule has 0 fully saturated rings. The Morgan fingerprint density at radius 1 is 1.25 bits per heavy atom. The molecule has 2 aromatic rings. The maximum Gasteiger partial charge on any atom is 0.158 e. The lowest BCUT2D eigenvalue weighted by atomic mass is 10.2. The van der Waals surface area contributed by atoms with E-state index in [0.717, 1.165) is 11.3 Å². The van der Waals surface area contributed by atoms with Gasteiger partial charge in [-0.15, -0.1) is 0 Å². The normalized spacial score (nSPS) is 24.2. The summed E-state index contributed by atoms with van der Waals surface area (Å²) in [7, 11) is 0. The number of hydrogen-bond acceptors (Lipinski definition) is 3. The van der Waals surface area contributed by atoms with Crippen molar-refractivity contribution in [3.8, 4) is 0 Å². The number of fused-ring (bicyclic) bond motifs is 1. The van der Waals surface area contributed by atoms with E-state index in [0.29, 0.717) is 11.5 Å². The van der Waals surface area contributed by atoms with E-state index in [4.69, 9.17) is 5.48 Å². The Labute approximate surface area is 126 Å². The quantitative estimate of drug-likeness (QED) is 0.819. The molecule has 104 valence electrons. The largest absolute Gasteiger partial charge is 0.346 e. The molecule has 0 amide bonds. The molecule has 0 saturated carbocycles. The zero-order valence-corrected chi connectivity index (χ0v) is 12.0. The first-order chi connectivity index (χ1) is 11.2. The summed E-state index contributed by atoms with van der Waals surface area (Å²) in [6, 6.07) is 9.76. The lowest BCUT2D eigenvalue weighted by Crippen LogP contribution is -2.42. The van der Waals surface area contributed by atoms with Gasteiger partial charge in [-0.2, -0.15) is 0 Å². The first-order valence-electron chi connectivity index (χ1n) is 8.75. The molecule has 0 radical (unpaired) electrons. The Kier molecular flexibility index (Phi) is 2.17. The van der Waals surface area contributed by atoms with Crippen LogP contribution in [0.4, 0.5) is 17.2 Å². The van der Waals surface area contributed by atoms with Gasteiger partial charge >= 0.3 is 0 Å². The minimum atomic E-state index is -2.45. The van der Waals surface area contributed by atoms with Gasteiger partial charge in [0.15, 0.2) is 5.82 Å². The second-order valence-corrected chi connectivity index (χ2v) is 5.09. The van der Waals surface area contributed by atoms with Crippen molar-refractivity contribution in [2.75, 3.05) is 9.80 Å². The molecule has 1 aliphatic rings. The smallest absolute Gasteiger partial charge is 0.158 e. The third kappa shape index (κ3) is 1.85. The Balaban J connectivity index is 2.18. The SMILES string of the molecule is [2H]C([2H])([2H])C([2H])(C)N1c2cccnc2N(c2ccccc2C)[C@@H]1C. The minimum Gasteiger partial charge on any atom is -0.346 e. The number of anilines is 3. The van der Waals surface area contributed by atoms with Crippen molar-refractivity contribution in [3.05, 3.63) is 48.2 Å². The summed E-state index contributed by atoms with van der Waals surface area (Å²) in [6.45, 7) is 2.91. The van der Waals surface area contributed by atoms with Crippen LogP contribution in [0.25, 0.3) is 0 Å². The number of rotatable bonds is 2. The number of para-hydroxylation sites is 1. The van der Waals surface area contributed by atoms with Crippen LogP contribution in [0.1, 0.15) is 31.7 Å². The second kappa shape index (κ2) is 4.82. The molecule has 0 aliphatic carbocycles. The van der Waals surface area contributed by atoms with Gasteiger partial charge in [0.25, 0.3) is 0 Å². The van der Waals surface area contributed by atoms with E-state index in [-0.39, 0.29) is 6.17 Å². The molecule has 3 heteroatoms. The van der Waals surface area contributed by atoms with Crippen LogP contribution in [0.15, 0.2) is 42.6 Å². The Bertz CT molecular complexity index is 757. The molecular weight excluding hydrogens is 246 g/mol. The lowest BCUT2D eigenvalue weighted by Gasteiger charge is -2.33. The van der Waals surface area contributed by atoms with Gasteiger partial charge in [-0.3, -0.25) is 0 Å². The summed E-state index contributed by atoms with van der Waals surface area (Å²) < 4.78 is 32.0. The summed E-state index contributed by atoms with van der Waals surface area (Å²) >= 11 is 0. The molecule has 3 nitrogen and oxygen atoms in total. The van der Waals surface area contributed by atoms with Crippen LogP contribution < -0.4 is 9.80 Å². The Hall–Kier alpha value is -2.03.